The lowest BCUT2D eigenvalue weighted by Crippen LogP contribution is -2.45. The molecule has 1 aliphatic heterocycles. The van der Waals surface area contributed by atoms with Crippen LogP contribution in [0.1, 0.15) is 15.9 Å². The molecule has 0 aliphatic carbocycles. The SMILES string of the molecule is Cc1c(O)cccc1C(=O)N(C)CC1CNCCO1. The van der Waals surface area contributed by atoms with Gasteiger partial charge in [0, 0.05) is 37.8 Å². The molecule has 1 heterocycles. The van der Waals surface area contributed by atoms with Crippen molar-refractivity contribution in [3.63, 3.8) is 0 Å². The summed E-state index contributed by atoms with van der Waals surface area (Å²) in [5.74, 6) is 0.0532. The van der Waals surface area contributed by atoms with Crippen LogP contribution in [0.2, 0.25) is 0 Å². The molecule has 1 fully saturated rings. The van der Waals surface area contributed by atoms with Crippen LogP contribution < -0.4 is 5.32 Å². The molecule has 1 atom stereocenters. The maximum Gasteiger partial charge on any atom is 0.254 e. The molecular weight excluding hydrogens is 244 g/mol. The zero-order chi connectivity index (χ0) is 13.8. The summed E-state index contributed by atoms with van der Waals surface area (Å²) in [7, 11) is 1.75. The van der Waals surface area contributed by atoms with Crippen LogP contribution in [0.25, 0.3) is 0 Å². The number of carbonyl (C=O) groups is 1. The Labute approximate surface area is 113 Å². The highest BCUT2D eigenvalue weighted by Gasteiger charge is 2.21. The van der Waals surface area contributed by atoms with E-state index in [9.17, 15) is 9.90 Å². The third-order valence-corrected chi connectivity index (χ3v) is 3.36. The summed E-state index contributed by atoms with van der Waals surface area (Å²) >= 11 is 0. The molecular formula is C14H20N2O3. The first-order valence-corrected chi connectivity index (χ1v) is 6.46. The van der Waals surface area contributed by atoms with Gasteiger partial charge in [0.25, 0.3) is 5.91 Å². The molecule has 19 heavy (non-hydrogen) atoms. The lowest BCUT2D eigenvalue weighted by atomic mass is 10.1. The minimum atomic E-state index is -0.0948. The first kappa shape index (κ1) is 13.8. The highest BCUT2D eigenvalue weighted by molar-refractivity contribution is 5.96. The topological polar surface area (TPSA) is 61.8 Å². The second kappa shape index (κ2) is 6.04. The molecule has 5 nitrogen and oxygen atoms in total. The Morgan fingerprint density at radius 1 is 1.58 bits per heavy atom. The summed E-state index contributed by atoms with van der Waals surface area (Å²) in [5.41, 5.74) is 1.15. The number of amides is 1. The fraction of sp³-hybridized carbons (Fsp3) is 0.500. The number of ether oxygens (including phenoxy) is 1. The molecule has 2 rings (SSSR count). The van der Waals surface area contributed by atoms with E-state index in [4.69, 9.17) is 4.74 Å². The fourth-order valence-corrected chi connectivity index (χ4v) is 2.19. The Balaban J connectivity index is 2.03. The van der Waals surface area contributed by atoms with Gasteiger partial charge in [-0.25, -0.2) is 0 Å². The zero-order valence-corrected chi connectivity index (χ0v) is 11.3. The van der Waals surface area contributed by atoms with Crippen LogP contribution >= 0.6 is 0 Å². The molecule has 1 aromatic rings. The number of morpholine rings is 1. The van der Waals surface area contributed by atoms with E-state index in [2.05, 4.69) is 5.32 Å². The third-order valence-electron chi connectivity index (χ3n) is 3.36. The van der Waals surface area contributed by atoms with Crippen molar-refractivity contribution in [3.05, 3.63) is 29.3 Å². The first-order chi connectivity index (χ1) is 9.09. The molecule has 0 bridgehead atoms. The third kappa shape index (κ3) is 3.24. The minimum Gasteiger partial charge on any atom is -0.508 e. The van der Waals surface area contributed by atoms with Crippen molar-refractivity contribution in [1.29, 1.82) is 0 Å². The van der Waals surface area contributed by atoms with Crippen LogP contribution in [0, 0.1) is 6.92 Å². The van der Waals surface area contributed by atoms with E-state index >= 15 is 0 Å². The number of likely N-dealkylation sites (N-methyl/N-ethyl adjacent to an activating group) is 1. The fourth-order valence-electron chi connectivity index (χ4n) is 2.19. The number of phenols is 1. The van der Waals surface area contributed by atoms with E-state index in [-0.39, 0.29) is 17.8 Å². The van der Waals surface area contributed by atoms with Gasteiger partial charge in [0.05, 0.1) is 12.7 Å². The van der Waals surface area contributed by atoms with Crippen molar-refractivity contribution in [2.24, 2.45) is 0 Å². The summed E-state index contributed by atoms with van der Waals surface area (Å²) in [6.07, 6.45) is 0.0281. The van der Waals surface area contributed by atoms with Gasteiger partial charge in [-0.15, -0.1) is 0 Å². The molecule has 1 aliphatic rings. The molecule has 0 aromatic heterocycles. The number of nitrogens with zero attached hydrogens (tertiary/aromatic N) is 1. The second-order valence-electron chi connectivity index (χ2n) is 4.83. The van der Waals surface area contributed by atoms with Crippen LogP contribution in [0.5, 0.6) is 5.75 Å². The molecule has 1 saturated heterocycles. The molecule has 0 spiro atoms. The van der Waals surface area contributed by atoms with Crippen LogP contribution in [0.3, 0.4) is 0 Å². The van der Waals surface area contributed by atoms with Gasteiger partial charge in [0.1, 0.15) is 5.75 Å². The van der Waals surface area contributed by atoms with Crippen molar-refractivity contribution in [2.75, 3.05) is 33.3 Å². The van der Waals surface area contributed by atoms with Crippen molar-refractivity contribution >= 4 is 5.91 Å². The Morgan fingerprint density at radius 2 is 2.37 bits per heavy atom. The predicted octanol–water partition coefficient (Wildman–Crippen LogP) is 0.761. The van der Waals surface area contributed by atoms with Crippen molar-refractivity contribution in [1.82, 2.24) is 10.2 Å². The monoisotopic (exact) mass is 264 g/mol. The van der Waals surface area contributed by atoms with Gasteiger partial charge in [0.2, 0.25) is 0 Å². The maximum atomic E-state index is 12.3. The molecule has 2 N–H and O–H groups in total. The molecule has 5 heteroatoms. The number of rotatable bonds is 3. The second-order valence-corrected chi connectivity index (χ2v) is 4.83. The number of benzene rings is 1. The van der Waals surface area contributed by atoms with E-state index in [1.165, 1.54) is 0 Å². The quantitative estimate of drug-likeness (QED) is 0.846. The summed E-state index contributed by atoms with van der Waals surface area (Å²) in [6, 6.07) is 5.00. The Morgan fingerprint density at radius 3 is 3.05 bits per heavy atom. The van der Waals surface area contributed by atoms with Crippen LogP contribution in [-0.2, 0) is 4.74 Å². The average Bonchev–Trinajstić information content (AvgIpc) is 2.42. The standard InChI is InChI=1S/C14H20N2O3/c1-10-12(4-3-5-13(10)17)14(18)16(2)9-11-8-15-6-7-19-11/h3-5,11,15,17H,6-9H2,1-2H3. The normalized spacial score (nSPS) is 19.2. The lowest BCUT2D eigenvalue weighted by molar-refractivity contribution is 0.0103. The van der Waals surface area contributed by atoms with Crippen LogP contribution in [-0.4, -0.2) is 55.3 Å². The minimum absolute atomic E-state index is 0.0281. The van der Waals surface area contributed by atoms with Gasteiger partial charge < -0.3 is 20.1 Å². The largest absolute Gasteiger partial charge is 0.508 e. The number of hydrogen-bond donors (Lipinski definition) is 2. The van der Waals surface area contributed by atoms with E-state index in [0.29, 0.717) is 24.3 Å². The summed E-state index contributed by atoms with van der Waals surface area (Å²) in [4.78, 5) is 14.0. The van der Waals surface area contributed by atoms with Crippen molar-refractivity contribution in [3.8, 4) is 5.75 Å². The summed E-state index contributed by atoms with van der Waals surface area (Å²) < 4.78 is 5.58. The predicted molar refractivity (Wildman–Crippen MR) is 72.4 cm³/mol. The van der Waals surface area contributed by atoms with Gasteiger partial charge in [-0.1, -0.05) is 6.07 Å². The number of phenolic OH excluding ortho intramolecular Hbond substituents is 1. The molecule has 0 saturated carbocycles. The van der Waals surface area contributed by atoms with E-state index in [0.717, 1.165) is 13.1 Å². The van der Waals surface area contributed by atoms with Gasteiger partial charge in [-0.3, -0.25) is 4.79 Å². The van der Waals surface area contributed by atoms with E-state index in [1.807, 2.05) is 0 Å². The summed E-state index contributed by atoms with van der Waals surface area (Å²) in [5, 5.41) is 12.9. The summed E-state index contributed by atoms with van der Waals surface area (Å²) in [6.45, 7) is 4.59. The number of aromatic hydroxyl groups is 1. The average molecular weight is 264 g/mol. The first-order valence-electron chi connectivity index (χ1n) is 6.46. The van der Waals surface area contributed by atoms with E-state index < -0.39 is 0 Å². The number of carbonyl (C=O) groups excluding carboxylic acids is 1. The molecule has 104 valence electrons. The van der Waals surface area contributed by atoms with E-state index in [1.54, 1.807) is 37.1 Å². The molecule has 1 aromatic carbocycles. The number of nitrogens with one attached hydrogen (secondary N) is 1. The zero-order valence-electron chi connectivity index (χ0n) is 11.3. The molecule has 1 unspecified atom stereocenters. The molecule has 0 radical (unpaired) electrons. The van der Waals surface area contributed by atoms with Gasteiger partial charge in [-0.2, -0.15) is 0 Å². The highest BCUT2D eigenvalue weighted by Crippen LogP contribution is 2.20. The smallest absolute Gasteiger partial charge is 0.254 e. The van der Waals surface area contributed by atoms with Gasteiger partial charge >= 0.3 is 0 Å². The van der Waals surface area contributed by atoms with Crippen molar-refractivity contribution in [2.45, 2.75) is 13.0 Å². The van der Waals surface area contributed by atoms with Gasteiger partial charge in [-0.05, 0) is 19.1 Å². The maximum absolute atomic E-state index is 12.3. The Kier molecular flexibility index (Phi) is 4.39. The van der Waals surface area contributed by atoms with Gasteiger partial charge in [0.15, 0.2) is 0 Å². The van der Waals surface area contributed by atoms with Crippen LogP contribution in [0.4, 0.5) is 0 Å². The lowest BCUT2D eigenvalue weighted by Gasteiger charge is -2.28. The number of hydrogen-bond acceptors (Lipinski definition) is 4. The van der Waals surface area contributed by atoms with Crippen molar-refractivity contribution < 1.29 is 14.6 Å². The molecule has 1 amide bonds. The van der Waals surface area contributed by atoms with Crippen LogP contribution in [0.15, 0.2) is 18.2 Å². The Bertz CT molecular complexity index is 456. The Hall–Kier alpha value is -1.59. The highest BCUT2D eigenvalue weighted by atomic mass is 16.5.